The Morgan fingerprint density at radius 3 is 2.60 bits per heavy atom. The van der Waals surface area contributed by atoms with Crippen molar-refractivity contribution in [3.05, 3.63) is 85.7 Å². The SMILES string of the molecule is Cc1c(-c2c[nH]c(=O)c(Nc3ccc(N4CCN(C)CC4)cc3)n2)ccc(F)c1NC(=O)c1cc2c(s1)C1CCC2C1. The summed E-state index contributed by atoms with van der Waals surface area (Å²) in [4.78, 5) is 39.8. The summed E-state index contributed by atoms with van der Waals surface area (Å²) in [7, 11) is 2.13. The first-order chi connectivity index (χ1) is 20.3. The van der Waals surface area contributed by atoms with Crippen LogP contribution in [-0.4, -0.2) is 54.0 Å². The molecule has 42 heavy (non-hydrogen) atoms. The van der Waals surface area contributed by atoms with E-state index in [4.69, 9.17) is 0 Å². The number of anilines is 4. The van der Waals surface area contributed by atoms with Gasteiger partial charge in [0.2, 0.25) is 0 Å². The molecule has 2 aromatic carbocycles. The number of nitrogens with zero attached hydrogens (tertiary/aromatic N) is 3. The summed E-state index contributed by atoms with van der Waals surface area (Å²) < 4.78 is 15.0. The molecule has 2 fully saturated rings. The number of piperazine rings is 1. The van der Waals surface area contributed by atoms with Crippen molar-refractivity contribution in [1.29, 1.82) is 0 Å². The van der Waals surface area contributed by atoms with Gasteiger partial charge in [0.1, 0.15) is 5.82 Å². The van der Waals surface area contributed by atoms with Crippen molar-refractivity contribution in [1.82, 2.24) is 14.9 Å². The second kappa shape index (κ2) is 10.7. The Morgan fingerprint density at radius 1 is 1.07 bits per heavy atom. The first-order valence-corrected chi connectivity index (χ1v) is 15.3. The zero-order chi connectivity index (χ0) is 29.0. The topological polar surface area (TPSA) is 93.4 Å². The fraction of sp³-hybridized carbons (Fsp3) is 0.344. The molecule has 1 amide bonds. The number of rotatable bonds is 6. The van der Waals surface area contributed by atoms with Crippen molar-refractivity contribution < 1.29 is 9.18 Å². The zero-order valence-corrected chi connectivity index (χ0v) is 24.5. The van der Waals surface area contributed by atoms with Gasteiger partial charge in [-0.1, -0.05) is 0 Å². The highest BCUT2D eigenvalue weighted by Crippen LogP contribution is 2.56. The lowest BCUT2D eigenvalue weighted by molar-refractivity contribution is 0.103. The Balaban J connectivity index is 1.11. The van der Waals surface area contributed by atoms with Gasteiger partial charge in [-0.15, -0.1) is 11.3 Å². The maximum absolute atomic E-state index is 15.0. The zero-order valence-electron chi connectivity index (χ0n) is 23.7. The average Bonchev–Trinajstić information content (AvgIpc) is 3.72. The minimum Gasteiger partial charge on any atom is -0.369 e. The molecule has 2 aromatic heterocycles. The predicted octanol–water partition coefficient (Wildman–Crippen LogP) is 6.06. The third-order valence-electron chi connectivity index (χ3n) is 8.97. The van der Waals surface area contributed by atoms with Gasteiger partial charge in [0.25, 0.3) is 11.5 Å². The van der Waals surface area contributed by atoms with Crippen LogP contribution in [0, 0.1) is 12.7 Å². The number of nitrogens with one attached hydrogen (secondary N) is 3. The monoisotopic (exact) mass is 584 g/mol. The third-order valence-corrected chi connectivity index (χ3v) is 10.3. The highest BCUT2D eigenvalue weighted by Gasteiger charge is 2.39. The summed E-state index contributed by atoms with van der Waals surface area (Å²) >= 11 is 1.54. The number of carbonyl (C=O) groups is 1. The normalized spacial score (nSPS) is 19.6. The van der Waals surface area contributed by atoms with Gasteiger partial charge in [-0.2, -0.15) is 0 Å². The van der Waals surface area contributed by atoms with E-state index < -0.39 is 5.82 Å². The smallest absolute Gasteiger partial charge is 0.291 e. The predicted molar refractivity (Wildman–Crippen MR) is 166 cm³/mol. The average molecular weight is 585 g/mol. The van der Waals surface area contributed by atoms with Gasteiger partial charge in [-0.05, 0) is 98.7 Å². The van der Waals surface area contributed by atoms with Gasteiger partial charge in [-0.3, -0.25) is 9.59 Å². The van der Waals surface area contributed by atoms with E-state index in [2.05, 4.69) is 37.4 Å². The van der Waals surface area contributed by atoms with Crippen LogP contribution in [-0.2, 0) is 0 Å². The number of fused-ring (bicyclic) bond motifs is 5. The van der Waals surface area contributed by atoms with Crippen LogP contribution in [0.2, 0.25) is 0 Å². The Morgan fingerprint density at radius 2 is 1.83 bits per heavy atom. The quantitative estimate of drug-likeness (QED) is 0.255. The van der Waals surface area contributed by atoms with Crippen LogP contribution < -0.4 is 21.1 Å². The second-order valence-electron chi connectivity index (χ2n) is 11.6. The molecule has 2 atom stereocenters. The number of benzene rings is 2. The maximum Gasteiger partial charge on any atom is 0.291 e. The van der Waals surface area contributed by atoms with Crippen LogP contribution >= 0.6 is 11.3 Å². The number of halogens is 1. The Labute approximate surface area is 247 Å². The molecule has 1 saturated carbocycles. The van der Waals surface area contributed by atoms with E-state index in [0.717, 1.165) is 37.6 Å². The first-order valence-electron chi connectivity index (χ1n) is 14.5. The summed E-state index contributed by atoms with van der Waals surface area (Å²) in [5.74, 6) is 0.453. The molecule has 2 bridgehead atoms. The molecule has 0 radical (unpaired) electrons. The molecular formula is C32H33FN6O2S. The van der Waals surface area contributed by atoms with Gasteiger partial charge < -0.3 is 25.4 Å². The molecule has 0 spiro atoms. The molecular weight excluding hydrogens is 551 g/mol. The number of likely N-dealkylation sites (N-methyl/N-ethyl adjacent to an activating group) is 1. The molecule has 2 unspecified atom stereocenters. The summed E-state index contributed by atoms with van der Waals surface area (Å²) in [5, 5.41) is 5.94. The highest BCUT2D eigenvalue weighted by atomic mass is 32.1. The molecule has 8 nitrogen and oxygen atoms in total. The summed E-state index contributed by atoms with van der Waals surface area (Å²) in [5.41, 5.74) is 4.55. The summed E-state index contributed by atoms with van der Waals surface area (Å²) in [6, 6.07) is 12.9. The Hall–Kier alpha value is -4.02. The summed E-state index contributed by atoms with van der Waals surface area (Å²) in [6.45, 7) is 5.75. The molecule has 3 N–H and O–H groups in total. The largest absolute Gasteiger partial charge is 0.369 e. The number of thiophene rings is 1. The lowest BCUT2D eigenvalue weighted by Gasteiger charge is -2.34. The van der Waals surface area contributed by atoms with Crippen LogP contribution in [0.1, 0.15) is 56.8 Å². The van der Waals surface area contributed by atoms with E-state index in [1.54, 1.807) is 13.0 Å². The van der Waals surface area contributed by atoms with Crippen molar-refractivity contribution in [2.24, 2.45) is 0 Å². The minimum atomic E-state index is -0.517. The number of aromatic amines is 1. The van der Waals surface area contributed by atoms with E-state index in [0.29, 0.717) is 33.5 Å². The van der Waals surface area contributed by atoms with E-state index in [9.17, 15) is 9.59 Å². The van der Waals surface area contributed by atoms with E-state index in [1.165, 1.54) is 53.3 Å². The third kappa shape index (κ3) is 4.88. The fourth-order valence-corrected chi connectivity index (χ4v) is 7.83. The number of H-pyrrole nitrogens is 1. The molecule has 2 aliphatic carbocycles. The fourth-order valence-electron chi connectivity index (χ4n) is 6.54. The lowest BCUT2D eigenvalue weighted by atomic mass is 9.99. The van der Waals surface area contributed by atoms with E-state index in [-0.39, 0.29) is 23.0 Å². The maximum atomic E-state index is 15.0. The van der Waals surface area contributed by atoms with Crippen LogP contribution in [0.15, 0.2) is 53.5 Å². The van der Waals surface area contributed by atoms with Crippen molar-refractivity contribution in [3.63, 3.8) is 0 Å². The molecule has 1 aliphatic heterocycles. The molecule has 3 heterocycles. The molecule has 4 aromatic rings. The number of amides is 1. The van der Waals surface area contributed by atoms with Crippen molar-refractivity contribution >= 4 is 40.1 Å². The standard InChI is InChI=1S/C32H33FN6O2S/c1-18-23(9-10-25(33)28(18)37-31(40)27-16-24-19-3-4-20(15-19)29(24)42-27)26-17-34-32(41)30(36-26)35-21-5-7-22(8-6-21)39-13-11-38(2)12-14-39/h5-10,16-17,19-20H,3-4,11-15H2,1-2H3,(H,34,41)(H,35,36)(H,37,40). The van der Waals surface area contributed by atoms with Crippen molar-refractivity contribution in [3.8, 4) is 11.3 Å². The number of carbonyl (C=O) groups excluding carboxylic acids is 1. The first kappa shape index (κ1) is 26.9. The van der Waals surface area contributed by atoms with Crippen LogP contribution in [0.5, 0.6) is 0 Å². The number of hydrogen-bond donors (Lipinski definition) is 3. The van der Waals surface area contributed by atoms with Gasteiger partial charge in [0.15, 0.2) is 5.82 Å². The van der Waals surface area contributed by atoms with Gasteiger partial charge in [0.05, 0.1) is 16.3 Å². The van der Waals surface area contributed by atoms with Gasteiger partial charge in [0, 0.05) is 54.2 Å². The van der Waals surface area contributed by atoms with Gasteiger partial charge >= 0.3 is 0 Å². The molecule has 7 rings (SSSR count). The lowest BCUT2D eigenvalue weighted by Crippen LogP contribution is -2.44. The molecule has 3 aliphatic rings. The number of hydrogen-bond acceptors (Lipinski definition) is 7. The van der Waals surface area contributed by atoms with Crippen LogP contribution in [0.3, 0.4) is 0 Å². The van der Waals surface area contributed by atoms with E-state index in [1.807, 2.05) is 30.3 Å². The highest BCUT2D eigenvalue weighted by molar-refractivity contribution is 7.14. The Bertz CT molecular complexity index is 1700. The molecule has 10 heteroatoms. The minimum absolute atomic E-state index is 0.121. The van der Waals surface area contributed by atoms with Crippen molar-refractivity contribution in [2.75, 3.05) is 48.8 Å². The van der Waals surface area contributed by atoms with Crippen molar-refractivity contribution in [2.45, 2.75) is 38.0 Å². The molecule has 216 valence electrons. The number of aromatic nitrogens is 2. The van der Waals surface area contributed by atoms with Crippen LogP contribution in [0.4, 0.5) is 27.3 Å². The van der Waals surface area contributed by atoms with Gasteiger partial charge in [-0.25, -0.2) is 9.37 Å². The van der Waals surface area contributed by atoms with Crippen LogP contribution in [0.25, 0.3) is 11.3 Å². The Kier molecular flexibility index (Phi) is 6.82. The second-order valence-corrected chi connectivity index (χ2v) is 12.7. The molecule has 1 saturated heterocycles. The van der Waals surface area contributed by atoms with E-state index >= 15 is 4.39 Å². The summed E-state index contributed by atoms with van der Waals surface area (Å²) in [6.07, 6.45) is 5.09.